The van der Waals surface area contributed by atoms with Gasteiger partial charge in [0.15, 0.2) is 0 Å². The Morgan fingerprint density at radius 2 is 1.67 bits per heavy atom. The highest BCUT2D eigenvalue weighted by atomic mass is 35.5. The summed E-state index contributed by atoms with van der Waals surface area (Å²) in [6.45, 7) is 4.78. The van der Waals surface area contributed by atoms with Gasteiger partial charge in [0.25, 0.3) is 5.91 Å². The summed E-state index contributed by atoms with van der Waals surface area (Å²) in [7, 11) is 0. The van der Waals surface area contributed by atoms with Crippen molar-refractivity contribution < 1.29 is 29.0 Å². The predicted octanol–water partition coefficient (Wildman–Crippen LogP) is 3.60. The zero-order valence-corrected chi connectivity index (χ0v) is 24.4. The number of aliphatic hydroxyl groups excluding tert-OH is 1. The molecule has 6 rings (SSSR count). The highest BCUT2D eigenvalue weighted by Crippen LogP contribution is 2.57. The minimum absolute atomic E-state index is 0.146. The lowest BCUT2D eigenvalue weighted by Crippen LogP contribution is -2.56. The number of anilines is 2. The van der Waals surface area contributed by atoms with E-state index < -0.39 is 29.1 Å². The monoisotopic (exact) mass is 591 g/mol. The molecule has 220 valence electrons. The Kier molecular flexibility index (Phi) is 7.37. The van der Waals surface area contributed by atoms with Gasteiger partial charge in [-0.05, 0) is 56.7 Å². The van der Waals surface area contributed by atoms with E-state index in [1.54, 1.807) is 40.1 Å². The van der Waals surface area contributed by atoms with Crippen LogP contribution in [0.1, 0.15) is 20.3 Å². The van der Waals surface area contributed by atoms with Gasteiger partial charge >= 0.3 is 0 Å². The van der Waals surface area contributed by atoms with Crippen LogP contribution in [0.4, 0.5) is 11.4 Å². The third-order valence-electron chi connectivity index (χ3n) is 8.72. The summed E-state index contributed by atoms with van der Waals surface area (Å²) in [6, 6.07) is 13.3. The summed E-state index contributed by atoms with van der Waals surface area (Å²) in [5.74, 6) is -2.07. The molecule has 42 heavy (non-hydrogen) atoms. The molecule has 2 fully saturated rings. The normalized spacial score (nSPS) is 30.2. The molecule has 2 aromatic rings. The Hall–Kier alpha value is -3.66. The number of carbonyl (C=O) groups excluding carboxylic acids is 3. The molecule has 10 heteroatoms. The quantitative estimate of drug-likeness (QED) is 0.494. The number of carbonyl (C=O) groups is 3. The Morgan fingerprint density at radius 3 is 2.38 bits per heavy atom. The molecule has 1 N–H and O–H groups in total. The Morgan fingerprint density at radius 1 is 0.952 bits per heavy atom. The number of benzene rings is 2. The summed E-state index contributed by atoms with van der Waals surface area (Å²) in [5, 5.41) is 10.1. The third kappa shape index (κ3) is 4.33. The molecular formula is C32H34ClN3O6. The Balaban J connectivity index is 1.43. The lowest BCUT2D eigenvalue weighted by molar-refractivity contribution is -0.144. The number of halogens is 1. The lowest BCUT2D eigenvalue weighted by Gasteiger charge is -2.37. The molecule has 2 saturated heterocycles. The maximum atomic E-state index is 14.4. The van der Waals surface area contributed by atoms with Gasteiger partial charge in [-0.2, -0.15) is 0 Å². The number of aliphatic hydroxyl groups is 1. The van der Waals surface area contributed by atoms with Gasteiger partial charge in [0.1, 0.15) is 17.4 Å². The first kappa shape index (κ1) is 28.5. The fourth-order valence-corrected chi connectivity index (χ4v) is 7.25. The molecule has 0 radical (unpaired) electrons. The smallest absolute Gasteiger partial charge is 0.253 e. The number of likely N-dealkylation sites (tertiary alicyclic amines) is 1. The van der Waals surface area contributed by atoms with Crippen LogP contribution in [-0.4, -0.2) is 77.8 Å². The highest BCUT2D eigenvalue weighted by molar-refractivity contribution is 6.34. The van der Waals surface area contributed by atoms with Crippen LogP contribution in [0.25, 0.3) is 0 Å². The molecule has 0 saturated carbocycles. The van der Waals surface area contributed by atoms with E-state index in [0.29, 0.717) is 35.3 Å². The largest absolute Gasteiger partial charge is 0.494 e. The molecule has 4 aliphatic rings. The predicted molar refractivity (Wildman–Crippen MR) is 158 cm³/mol. The van der Waals surface area contributed by atoms with Crippen molar-refractivity contribution in [3.8, 4) is 5.75 Å². The van der Waals surface area contributed by atoms with Crippen LogP contribution in [0.3, 0.4) is 0 Å². The number of hydrogen-bond donors (Lipinski definition) is 1. The molecule has 0 bridgehead atoms. The van der Waals surface area contributed by atoms with E-state index in [1.165, 1.54) is 4.90 Å². The van der Waals surface area contributed by atoms with Gasteiger partial charge in [-0.1, -0.05) is 48.0 Å². The second kappa shape index (κ2) is 10.9. The van der Waals surface area contributed by atoms with Gasteiger partial charge in [0.05, 0.1) is 34.8 Å². The van der Waals surface area contributed by atoms with Crippen molar-refractivity contribution in [3.63, 3.8) is 0 Å². The summed E-state index contributed by atoms with van der Waals surface area (Å²) < 4.78 is 12.4. The minimum Gasteiger partial charge on any atom is -0.494 e. The summed E-state index contributed by atoms with van der Waals surface area (Å²) in [4.78, 5) is 47.9. The number of hydrogen-bond acceptors (Lipinski definition) is 6. The van der Waals surface area contributed by atoms with Crippen molar-refractivity contribution in [3.05, 3.63) is 77.9 Å². The average molecular weight is 592 g/mol. The summed E-state index contributed by atoms with van der Waals surface area (Å²) >= 11 is 6.51. The van der Waals surface area contributed by atoms with Crippen LogP contribution >= 0.6 is 11.6 Å². The van der Waals surface area contributed by atoms with Crippen molar-refractivity contribution in [2.75, 3.05) is 42.6 Å². The Labute approximate surface area is 249 Å². The number of rotatable bonds is 7. The molecule has 1 unspecified atom stereocenters. The van der Waals surface area contributed by atoms with Crippen molar-refractivity contribution in [1.29, 1.82) is 0 Å². The van der Waals surface area contributed by atoms with Gasteiger partial charge < -0.3 is 29.3 Å². The topological polar surface area (TPSA) is 99.6 Å². The minimum atomic E-state index is -1.39. The first-order chi connectivity index (χ1) is 20.3. The molecule has 3 amide bonds. The van der Waals surface area contributed by atoms with E-state index in [-0.39, 0.29) is 43.8 Å². The van der Waals surface area contributed by atoms with Gasteiger partial charge in [-0.15, -0.1) is 0 Å². The Bertz CT molecular complexity index is 1460. The molecule has 0 aromatic heterocycles. The number of amides is 3. The average Bonchev–Trinajstić information content (AvgIpc) is 3.24. The van der Waals surface area contributed by atoms with Crippen molar-refractivity contribution in [1.82, 2.24) is 4.90 Å². The van der Waals surface area contributed by atoms with Gasteiger partial charge in [0, 0.05) is 31.9 Å². The number of fused-ring (bicyclic) bond motifs is 2. The van der Waals surface area contributed by atoms with E-state index in [9.17, 15) is 19.5 Å². The van der Waals surface area contributed by atoms with E-state index in [2.05, 4.69) is 0 Å². The van der Waals surface area contributed by atoms with Crippen LogP contribution < -0.4 is 14.5 Å². The first-order valence-electron chi connectivity index (χ1n) is 14.3. The molecule has 4 heterocycles. The van der Waals surface area contributed by atoms with Gasteiger partial charge in [-0.3, -0.25) is 14.4 Å². The lowest BCUT2D eigenvalue weighted by atomic mass is 9.74. The number of nitrogens with zero attached hydrogens (tertiary/aromatic N) is 3. The van der Waals surface area contributed by atoms with Crippen molar-refractivity contribution in [2.45, 2.75) is 37.5 Å². The highest BCUT2D eigenvalue weighted by Gasteiger charge is 2.74. The first-order valence-corrected chi connectivity index (χ1v) is 14.7. The van der Waals surface area contributed by atoms with E-state index >= 15 is 0 Å². The van der Waals surface area contributed by atoms with E-state index in [1.807, 2.05) is 56.3 Å². The van der Waals surface area contributed by atoms with Crippen LogP contribution in [0.2, 0.25) is 5.02 Å². The van der Waals surface area contributed by atoms with Gasteiger partial charge in [0.2, 0.25) is 11.8 Å². The maximum Gasteiger partial charge on any atom is 0.253 e. The number of para-hydroxylation sites is 1. The van der Waals surface area contributed by atoms with Crippen molar-refractivity contribution >= 4 is 40.7 Å². The van der Waals surface area contributed by atoms with E-state index in [0.717, 1.165) is 0 Å². The van der Waals surface area contributed by atoms with Crippen LogP contribution in [-0.2, 0) is 19.1 Å². The van der Waals surface area contributed by atoms with Crippen LogP contribution in [0.5, 0.6) is 5.75 Å². The molecule has 1 spiro atoms. The second-order valence-electron chi connectivity index (χ2n) is 11.2. The fraction of sp³-hybridized carbons (Fsp3) is 0.406. The molecule has 5 atom stereocenters. The molecule has 9 nitrogen and oxygen atoms in total. The second-order valence-corrected chi connectivity index (χ2v) is 11.6. The zero-order valence-electron chi connectivity index (χ0n) is 23.6. The summed E-state index contributed by atoms with van der Waals surface area (Å²) in [6.07, 6.45) is 7.64. The molecule has 0 aliphatic carbocycles. The van der Waals surface area contributed by atoms with Crippen molar-refractivity contribution in [2.24, 2.45) is 11.8 Å². The van der Waals surface area contributed by atoms with Crippen LogP contribution in [0, 0.1) is 11.8 Å². The van der Waals surface area contributed by atoms with Gasteiger partial charge in [-0.25, -0.2) is 0 Å². The molecule has 4 aliphatic heterocycles. The maximum absolute atomic E-state index is 14.4. The zero-order chi connectivity index (χ0) is 29.6. The molecular weight excluding hydrogens is 558 g/mol. The third-order valence-corrected chi connectivity index (χ3v) is 9.04. The van der Waals surface area contributed by atoms with E-state index in [4.69, 9.17) is 21.1 Å². The van der Waals surface area contributed by atoms with Crippen LogP contribution in [0.15, 0.2) is 72.8 Å². The number of ether oxygens (including phenoxy) is 2. The standard InChI is InChI=1S/C32H34ClN3O6/c1-3-41-22-13-11-21(12-14-22)34-17-6-15-31(2)25(28(34)38)26-29(39)36(19-8-20-37)27-30(40)35(18-7-16-32(26,27)42-31)24-10-5-4-9-23(24)33/h4-7,9-16,25-27,37H,3,8,17-20H2,1-2H3/t25-,26+,27?,31+,32+/m1/s1. The summed E-state index contributed by atoms with van der Waals surface area (Å²) in [5.41, 5.74) is -1.32. The SMILES string of the molecule is CCOc1ccc(N2CC=C[C@]3(C)O[C@]45C=CCN(c6ccccc6Cl)C(=O)C4N(CCCO)C(=O)[C@@H]5[C@@H]3C2=O)cc1. The fourth-order valence-electron chi connectivity index (χ4n) is 7.01. The molecule has 2 aromatic carbocycles.